The lowest BCUT2D eigenvalue weighted by Crippen LogP contribution is -2.33. The Balaban J connectivity index is 1.47. The molecule has 106 valence electrons. The van der Waals surface area contributed by atoms with E-state index in [-0.39, 0.29) is 5.82 Å². The average molecular weight is 290 g/mol. The van der Waals surface area contributed by atoms with Crippen molar-refractivity contribution in [2.45, 2.75) is 25.8 Å². The van der Waals surface area contributed by atoms with Gasteiger partial charge >= 0.3 is 0 Å². The highest BCUT2D eigenvalue weighted by molar-refractivity contribution is 7.09. The van der Waals surface area contributed by atoms with Crippen molar-refractivity contribution in [1.29, 1.82) is 0 Å². The van der Waals surface area contributed by atoms with Gasteiger partial charge in [-0.25, -0.2) is 9.37 Å². The van der Waals surface area contributed by atoms with Gasteiger partial charge in [0.1, 0.15) is 10.8 Å². The smallest absolute Gasteiger partial charge is 0.123 e. The molecule has 2 aromatic rings. The predicted octanol–water partition coefficient (Wildman–Crippen LogP) is 3.74. The van der Waals surface area contributed by atoms with E-state index >= 15 is 0 Å². The summed E-state index contributed by atoms with van der Waals surface area (Å²) in [6.45, 7) is 3.28. The Hall–Kier alpha value is -1.26. The Morgan fingerprint density at radius 2 is 1.95 bits per heavy atom. The van der Waals surface area contributed by atoms with Gasteiger partial charge in [-0.3, -0.25) is 4.90 Å². The Labute approximate surface area is 123 Å². The molecule has 1 saturated heterocycles. The van der Waals surface area contributed by atoms with Crippen molar-refractivity contribution in [2.75, 3.05) is 13.1 Å². The molecular weight excluding hydrogens is 271 g/mol. The van der Waals surface area contributed by atoms with E-state index in [0.717, 1.165) is 32.0 Å². The van der Waals surface area contributed by atoms with E-state index < -0.39 is 0 Å². The van der Waals surface area contributed by atoms with Gasteiger partial charge in [-0.1, -0.05) is 12.1 Å². The summed E-state index contributed by atoms with van der Waals surface area (Å²) in [4.78, 5) is 6.83. The zero-order valence-corrected chi connectivity index (χ0v) is 12.3. The first kappa shape index (κ1) is 13.7. The number of benzene rings is 1. The second-order valence-electron chi connectivity index (χ2n) is 5.48. The zero-order chi connectivity index (χ0) is 13.8. The van der Waals surface area contributed by atoms with Gasteiger partial charge in [0.25, 0.3) is 0 Å². The molecule has 0 atom stereocenters. The highest BCUT2D eigenvalue weighted by Crippen LogP contribution is 2.23. The summed E-state index contributed by atoms with van der Waals surface area (Å²) in [5.74, 6) is 0.583. The summed E-state index contributed by atoms with van der Waals surface area (Å²) in [5, 5.41) is 3.25. The number of hydrogen-bond acceptors (Lipinski definition) is 3. The van der Waals surface area contributed by atoms with Crippen molar-refractivity contribution < 1.29 is 4.39 Å². The van der Waals surface area contributed by atoms with Gasteiger partial charge in [0.2, 0.25) is 0 Å². The topological polar surface area (TPSA) is 16.1 Å². The van der Waals surface area contributed by atoms with Crippen molar-refractivity contribution in [2.24, 2.45) is 5.92 Å². The second kappa shape index (κ2) is 6.46. The molecule has 4 heteroatoms. The third-order valence-electron chi connectivity index (χ3n) is 3.99. The molecule has 3 rings (SSSR count). The molecule has 0 unspecified atom stereocenters. The van der Waals surface area contributed by atoms with E-state index in [1.54, 1.807) is 23.5 Å². The van der Waals surface area contributed by atoms with Crippen LogP contribution in [0.3, 0.4) is 0 Å². The van der Waals surface area contributed by atoms with E-state index in [1.807, 2.05) is 23.7 Å². The summed E-state index contributed by atoms with van der Waals surface area (Å²) < 4.78 is 12.9. The summed E-state index contributed by atoms with van der Waals surface area (Å²) in [7, 11) is 0. The third kappa shape index (κ3) is 3.64. The van der Waals surface area contributed by atoms with Crippen molar-refractivity contribution in [1.82, 2.24) is 9.88 Å². The Bertz CT molecular complexity index is 516. The number of halogens is 1. The summed E-state index contributed by atoms with van der Waals surface area (Å²) in [6, 6.07) is 6.95. The fourth-order valence-electron chi connectivity index (χ4n) is 2.82. The van der Waals surface area contributed by atoms with Gasteiger partial charge < -0.3 is 0 Å². The Morgan fingerprint density at radius 3 is 2.60 bits per heavy atom. The molecule has 1 aromatic carbocycles. The van der Waals surface area contributed by atoms with Gasteiger partial charge in [-0.15, -0.1) is 11.3 Å². The van der Waals surface area contributed by atoms with Crippen LogP contribution in [-0.2, 0) is 13.0 Å². The van der Waals surface area contributed by atoms with E-state index in [9.17, 15) is 4.39 Å². The van der Waals surface area contributed by atoms with Gasteiger partial charge in [0, 0.05) is 11.6 Å². The van der Waals surface area contributed by atoms with Crippen LogP contribution in [0.2, 0.25) is 0 Å². The first-order valence-electron chi connectivity index (χ1n) is 7.15. The molecule has 1 fully saturated rings. The van der Waals surface area contributed by atoms with Crippen molar-refractivity contribution in [3.63, 3.8) is 0 Å². The number of likely N-dealkylation sites (tertiary alicyclic amines) is 1. The second-order valence-corrected chi connectivity index (χ2v) is 6.46. The number of piperidine rings is 1. The Morgan fingerprint density at radius 1 is 1.20 bits per heavy atom. The molecular formula is C16H19FN2S. The van der Waals surface area contributed by atoms with E-state index in [4.69, 9.17) is 0 Å². The van der Waals surface area contributed by atoms with Gasteiger partial charge in [0.05, 0.1) is 6.54 Å². The molecule has 0 N–H and O–H groups in total. The monoisotopic (exact) mass is 290 g/mol. The molecule has 0 radical (unpaired) electrons. The Kier molecular flexibility index (Phi) is 4.43. The molecule has 0 aliphatic carbocycles. The number of hydrogen-bond donors (Lipinski definition) is 0. The van der Waals surface area contributed by atoms with Gasteiger partial charge in [-0.05, 0) is 56.0 Å². The van der Waals surface area contributed by atoms with Crippen LogP contribution in [0.4, 0.5) is 4.39 Å². The molecule has 1 aromatic heterocycles. The number of rotatable bonds is 4. The predicted molar refractivity (Wildman–Crippen MR) is 80.2 cm³/mol. The van der Waals surface area contributed by atoms with E-state index in [0.29, 0.717) is 0 Å². The van der Waals surface area contributed by atoms with Crippen LogP contribution in [0.5, 0.6) is 0 Å². The summed E-state index contributed by atoms with van der Waals surface area (Å²) in [5.41, 5.74) is 1.25. The van der Waals surface area contributed by atoms with Crippen LogP contribution in [0.1, 0.15) is 23.4 Å². The average Bonchev–Trinajstić information content (AvgIpc) is 2.96. The highest BCUT2D eigenvalue weighted by Gasteiger charge is 2.20. The number of thiazole rings is 1. The van der Waals surface area contributed by atoms with Crippen molar-refractivity contribution in [3.8, 4) is 0 Å². The third-order valence-corrected chi connectivity index (χ3v) is 4.75. The van der Waals surface area contributed by atoms with Crippen LogP contribution in [0.25, 0.3) is 0 Å². The molecule has 0 amide bonds. The van der Waals surface area contributed by atoms with Crippen LogP contribution in [0.15, 0.2) is 35.8 Å². The molecule has 1 aliphatic heterocycles. The minimum absolute atomic E-state index is 0.146. The first-order chi connectivity index (χ1) is 9.79. The van der Waals surface area contributed by atoms with Crippen LogP contribution in [0, 0.1) is 11.7 Å². The molecule has 1 aliphatic rings. The minimum Gasteiger partial charge on any atom is -0.297 e. The molecule has 0 spiro atoms. The summed E-state index contributed by atoms with van der Waals surface area (Å²) >= 11 is 1.73. The quantitative estimate of drug-likeness (QED) is 0.853. The minimum atomic E-state index is -0.146. The first-order valence-corrected chi connectivity index (χ1v) is 8.03. The molecule has 2 nitrogen and oxygen atoms in total. The van der Waals surface area contributed by atoms with Gasteiger partial charge in [-0.2, -0.15) is 0 Å². The van der Waals surface area contributed by atoms with Crippen LogP contribution < -0.4 is 0 Å². The van der Waals surface area contributed by atoms with Crippen molar-refractivity contribution >= 4 is 11.3 Å². The molecule has 20 heavy (non-hydrogen) atoms. The van der Waals surface area contributed by atoms with Crippen LogP contribution in [-0.4, -0.2) is 23.0 Å². The SMILES string of the molecule is Fc1ccc(CC2CCN(Cc3nccs3)CC2)cc1. The number of nitrogens with zero attached hydrogens (tertiary/aromatic N) is 2. The molecule has 0 saturated carbocycles. The normalized spacial score (nSPS) is 17.4. The lowest BCUT2D eigenvalue weighted by Gasteiger charge is -2.31. The highest BCUT2D eigenvalue weighted by atomic mass is 32.1. The standard InChI is InChI=1S/C16H19FN2S/c17-15-3-1-13(2-4-15)11-14-5-8-19(9-6-14)12-16-18-7-10-20-16/h1-4,7,10,14H,5-6,8-9,11-12H2. The summed E-state index contributed by atoms with van der Waals surface area (Å²) in [6.07, 6.45) is 5.40. The fraction of sp³-hybridized carbons (Fsp3) is 0.438. The maximum Gasteiger partial charge on any atom is 0.123 e. The van der Waals surface area contributed by atoms with Crippen molar-refractivity contribution in [3.05, 3.63) is 52.2 Å². The molecule has 2 heterocycles. The largest absolute Gasteiger partial charge is 0.297 e. The molecule has 0 bridgehead atoms. The van der Waals surface area contributed by atoms with Crippen LogP contribution >= 0.6 is 11.3 Å². The maximum absolute atomic E-state index is 12.9. The van der Waals surface area contributed by atoms with E-state index in [2.05, 4.69) is 9.88 Å². The van der Waals surface area contributed by atoms with E-state index in [1.165, 1.54) is 23.4 Å². The maximum atomic E-state index is 12.9. The lowest BCUT2D eigenvalue weighted by molar-refractivity contribution is 0.177. The lowest BCUT2D eigenvalue weighted by atomic mass is 9.90. The fourth-order valence-corrected chi connectivity index (χ4v) is 3.48. The number of aromatic nitrogens is 1. The zero-order valence-electron chi connectivity index (χ0n) is 11.5. The van der Waals surface area contributed by atoms with Gasteiger partial charge in [0.15, 0.2) is 0 Å².